The minimum Gasteiger partial charge on any atom is -0.476 e. The Kier molecular flexibility index (Phi) is 2.66. The van der Waals surface area contributed by atoms with E-state index in [4.69, 9.17) is 15.3 Å². The smallest absolute Gasteiger partial charge is 0.360 e. The third-order valence-electron chi connectivity index (χ3n) is 1.96. The molecule has 0 fully saturated rings. The standard InChI is InChI=1S/C10H7BrN2O3/c11-6-4-2-1-3-5(6)9-13-7(10(14)15)8(12)16-9/h1-4H,12H2,(H,14,15). The summed E-state index contributed by atoms with van der Waals surface area (Å²) in [6, 6.07) is 7.18. The Bertz CT molecular complexity index is 551. The quantitative estimate of drug-likeness (QED) is 0.883. The predicted molar refractivity (Wildman–Crippen MR) is 61.0 cm³/mol. The Morgan fingerprint density at radius 1 is 1.44 bits per heavy atom. The van der Waals surface area contributed by atoms with E-state index < -0.39 is 5.97 Å². The maximum atomic E-state index is 10.7. The van der Waals surface area contributed by atoms with Crippen LogP contribution in [0.3, 0.4) is 0 Å². The van der Waals surface area contributed by atoms with Crippen LogP contribution in [0.25, 0.3) is 11.5 Å². The minimum absolute atomic E-state index is 0.183. The van der Waals surface area contributed by atoms with Gasteiger partial charge in [0.2, 0.25) is 17.5 Å². The lowest BCUT2D eigenvalue weighted by molar-refractivity contribution is 0.0692. The molecule has 0 aliphatic rings. The van der Waals surface area contributed by atoms with Crippen molar-refractivity contribution < 1.29 is 14.3 Å². The number of aromatic carboxylic acids is 1. The highest BCUT2D eigenvalue weighted by atomic mass is 79.9. The number of carboxylic acid groups (broad SMARTS) is 1. The van der Waals surface area contributed by atoms with Crippen molar-refractivity contribution in [1.29, 1.82) is 0 Å². The molecule has 2 aromatic rings. The first-order chi connectivity index (χ1) is 7.59. The molecule has 1 aromatic carbocycles. The van der Waals surface area contributed by atoms with Gasteiger partial charge in [-0.05, 0) is 28.1 Å². The molecular formula is C10H7BrN2O3. The van der Waals surface area contributed by atoms with Crippen LogP contribution in [-0.4, -0.2) is 16.1 Å². The lowest BCUT2D eigenvalue weighted by Crippen LogP contribution is -2.00. The zero-order valence-corrected chi connectivity index (χ0v) is 9.56. The number of nitrogen functional groups attached to an aromatic ring is 1. The van der Waals surface area contributed by atoms with Gasteiger partial charge < -0.3 is 15.3 Å². The van der Waals surface area contributed by atoms with Crippen LogP contribution in [0.1, 0.15) is 10.5 Å². The SMILES string of the molecule is Nc1oc(-c2ccccc2Br)nc1C(=O)O. The molecule has 82 valence electrons. The van der Waals surface area contributed by atoms with E-state index in [1.165, 1.54) is 0 Å². The van der Waals surface area contributed by atoms with Crippen molar-refractivity contribution in [3.63, 3.8) is 0 Å². The molecule has 0 amide bonds. The van der Waals surface area contributed by atoms with Gasteiger partial charge in [-0.3, -0.25) is 0 Å². The highest BCUT2D eigenvalue weighted by molar-refractivity contribution is 9.10. The molecule has 16 heavy (non-hydrogen) atoms. The average Bonchev–Trinajstić information content (AvgIpc) is 2.61. The van der Waals surface area contributed by atoms with Crippen LogP contribution in [0.15, 0.2) is 33.2 Å². The molecule has 0 spiro atoms. The van der Waals surface area contributed by atoms with E-state index in [9.17, 15) is 4.79 Å². The van der Waals surface area contributed by atoms with Gasteiger partial charge in [-0.25, -0.2) is 4.79 Å². The van der Waals surface area contributed by atoms with Crippen molar-refractivity contribution >= 4 is 27.8 Å². The molecule has 0 saturated heterocycles. The third kappa shape index (κ3) is 1.79. The second kappa shape index (κ2) is 3.97. The van der Waals surface area contributed by atoms with Gasteiger partial charge in [0.05, 0.1) is 5.56 Å². The largest absolute Gasteiger partial charge is 0.476 e. The maximum Gasteiger partial charge on any atom is 0.360 e. The summed E-state index contributed by atoms with van der Waals surface area (Å²) in [6.07, 6.45) is 0. The molecule has 0 aliphatic carbocycles. The monoisotopic (exact) mass is 282 g/mol. The number of oxazole rings is 1. The molecule has 1 aromatic heterocycles. The number of hydrogen-bond donors (Lipinski definition) is 2. The highest BCUT2D eigenvalue weighted by Gasteiger charge is 2.18. The van der Waals surface area contributed by atoms with Gasteiger partial charge >= 0.3 is 5.97 Å². The normalized spacial score (nSPS) is 10.3. The Morgan fingerprint density at radius 2 is 2.12 bits per heavy atom. The Hall–Kier alpha value is -1.82. The van der Waals surface area contributed by atoms with Gasteiger partial charge in [0, 0.05) is 4.47 Å². The average molecular weight is 283 g/mol. The molecule has 0 aliphatic heterocycles. The molecule has 2 rings (SSSR count). The van der Waals surface area contributed by atoms with E-state index >= 15 is 0 Å². The maximum absolute atomic E-state index is 10.7. The first kappa shape index (κ1) is 10.7. The predicted octanol–water partition coefficient (Wildman–Crippen LogP) is 2.38. The van der Waals surface area contributed by atoms with Crippen LogP contribution in [0.5, 0.6) is 0 Å². The van der Waals surface area contributed by atoms with Crippen molar-refractivity contribution in [3.8, 4) is 11.5 Å². The summed E-state index contributed by atoms with van der Waals surface area (Å²) in [7, 11) is 0. The first-order valence-electron chi connectivity index (χ1n) is 4.34. The lowest BCUT2D eigenvalue weighted by Gasteiger charge is -1.97. The fourth-order valence-electron chi connectivity index (χ4n) is 1.24. The van der Waals surface area contributed by atoms with Crippen LogP contribution in [-0.2, 0) is 0 Å². The number of nitrogens with zero attached hydrogens (tertiary/aromatic N) is 1. The summed E-state index contributed by atoms with van der Waals surface area (Å²) >= 11 is 3.32. The fraction of sp³-hybridized carbons (Fsp3) is 0. The number of hydrogen-bond acceptors (Lipinski definition) is 4. The number of rotatable bonds is 2. The number of benzene rings is 1. The molecule has 0 saturated carbocycles. The Labute approximate surface area is 99.0 Å². The van der Waals surface area contributed by atoms with Crippen LogP contribution < -0.4 is 5.73 Å². The summed E-state index contributed by atoms with van der Waals surface area (Å²) in [4.78, 5) is 14.6. The number of anilines is 1. The van der Waals surface area contributed by atoms with Crippen LogP contribution in [0, 0.1) is 0 Å². The molecule has 0 atom stereocenters. The van der Waals surface area contributed by atoms with Crippen LogP contribution >= 0.6 is 15.9 Å². The molecule has 1 heterocycles. The van der Waals surface area contributed by atoms with Gasteiger partial charge in [-0.2, -0.15) is 4.98 Å². The van der Waals surface area contributed by atoms with E-state index in [2.05, 4.69) is 20.9 Å². The van der Waals surface area contributed by atoms with Gasteiger partial charge in [-0.1, -0.05) is 12.1 Å². The fourth-order valence-corrected chi connectivity index (χ4v) is 1.69. The van der Waals surface area contributed by atoms with E-state index in [1.807, 2.05) is 6.07 Å². The second-order valence-electron chi connectivity index (χ2n) is 3.02. The van der Waals surface area contributed by atoms with Crippen LogP contribution in [0.2, 0.25) is 0 Å². The van der Waals surface area contributed by atoms with Gasteiger partial charge in [0.15, 0.2) is 0 Å². The third-order valence-corrected chi connectivity index (χ3v) is 2.65. The van der Waals surface area contributed by atoms with Gasteiger partial charge in [0.25, 0.3) is 0 Å². The molecule has 0 unspecified atom stereocenters. The zero-order valence-electron chi connectivity index (χ0n) is 7.98. The summed E-state index contributed by atoms with van der Waals surface area (Å²) in [5, 5.41) is 8.78. The van der Waals surface area contributed by atoms with Gasteiger partial charge in [-0.15, -0.1) is 0 Å². The molecule has 6 heteroatoms. The molecule has 5 nitrogen and oxygen atoms in total. The first-order valence-corrected chi connectivity index (χ1v) is 5.13. The second-order valence-corrected chi connectivity index (χ2v) is 3.87. The Balaban J connectivity index is 2.54. The van der Waals surface area contributed by atoms with Crippen LogP contribution in [0.4, 0.5) is 5.88 Å². The number of carbonyl (C=O) groups is 1. The summed E-state index contributed by atoms with van der Waals surface area (Å²) < 4.78 is 5.86. The molecule has 0 bridgehead atoms. The minimum atomic E-state index is -1.21. The highest BCUT2D eigenvalue weighted by Crippen LogP contribution is 2.29. The zero-order chi connectivity index (χ0) is 11.7. The molecule has 3 N–H and O–H groups in total. The van der Waals surface area contributed by atoms with Crippen molar-refractivity contribution in [1.82, 2.24) is 4.98 Å². The lowest BCUT2D eigenvalue weighted by atomic mass is 10.2. The van der Waals surface area contributed by atoms with Crippen molar-refractivity contribution in [2.75, 3.05) is 5.73 Å². The number of halogens is 1. The van der Waals surface area contributed by atoms with E-state index in [0.29, 0.717) is 5.56 Å². The van der Waals surface area contributed by atoms with Gasteiger partial charge in [0.1, 0.15) is 0 Å². The Morgan fingerprint density at radius 3 is 2.69 bits per heavy atom. The summed E-state index contributed by atoms with van der Waals surface area (Å²) in [5.41, 5.74) is 5.79. The van der Waals surface area contributed by atoms with E-state index in [0.717, 1.165) is 4.47 Å². The molecule has 0 radical (unpaired) electrons. The topological polar surface area (TPSA) is 89.4 Å². The van der Waals surface area contributed by atoms with Crippen molar-refractivity contribution in [2.45, 2.75) is 0 Å². The number of aromatic nitrogens is 1. The van der Waals surface area contributed by atoms with Crippen molar-refractivity contribution in [2.24, 2.45) is 0 Å². The molecular weight excluding hydrogens is 276 g/mol. The van der Waals surface area contributed by atoms with Crippen molar-refractivity contribution in [3.05, 3.63) is 34.4 Å². The summed E-state index contributed by atoms with van der Waals surface area (Å²) in [6.45, 7) is 0. The van der Waals surface area contributed by atoms with E-state index in [1.54, 1.807) is 18.2 Å². The summed E-state index contributed by atoms with van der Waals surface area (Å²) in [5.74, 6) is -1.22. The number of carboxylic acids is 1. The number of nitrogens with two attached hydrogens (primary N) is 1. The van der Waals surface area contributed by atoms with E-state index in [-0.39, 0.29) is 17.5 Å².